The molecule has 3 nitrogen and oxygen atoms in total. The summed E-state index contributed by atoms with van der Waals surface area (Å²) in [6.45, 7) is 0. The molecular formula is C4H9N2OS. The lowest BCUT2D eigenvalue weighted by atomic mass is 10.3. The molecule has 0 aliphatic rings. The molecule has 0 aliphatic heterocycles. The van der Waals surface area contributed by atoms with Crippen LogP contribution < -0.4 is 11.5 Å². The second kappa shape index (κ2) is 3.74. The van der Waals surface area contributed by atoms with Crippen molar-refractivity contribution in [2.75, 3.05) is 12.0 Å². The third kappa shape index (κ3) is 2.87. The lowest BCUT2D eigenvalue weighted by molar-refractivity contribution is -0.119. The zero-order chi connectivity index (χ0) is 6.57. The molecule has 0 rings (SSSR count). The fourth-order valence-corrected chi connectivity index (χ4v) is 0.766. The van der Waals surface area contributed by atoms with Crippen LogP contribution in [0.3, 0.4) is 0 Å². The van der Waals surface area contributed by atoms with E-state index in [9.17, 15) is 4.79 Å². The lowest BCUT2D eigenvalue weighted by Crippen LogP contribution is -2.33. The molecule has 0 fully saturated rings. The minimum Gasteiger partial charge on any atom is -0.319 e. The zero-order valence-electron chi connectivity index (χ0n) is 4.68. The van der Waals surface area contributed by atoms with Gasteiger partial charge in [0.25, 0.3) is 5.91 Å². The van der Waals surface area contributed by atoms with Gasteiger partial charge < -0.3 is 5.73 Å². The van der Waals surface area contributed by atoms with Crippen LogP contribution in [-0.4, -0.2) is 24.0 Å². The third-order valence-electron chi connectivity index (χ3n) is 0.683. The molecule has 0 aromatic carbocycles. The maximum Gasteiger partial charge on any atom is 0.256 e. The summed E-state index contributed by atoms with van der Waals surface area (Å²) in [6, 6.07) is -0.593. The minimum absolute atomic E-state index is 0.544. The van der Waals surface area contributed by atoms with Gasteiger partial charge in [0.05, 0.1) is 6.04 Å². The predicted molar refractivity (Wildman–Crippen MR) is 34.5 cm³/mol. The van der Waals surface area contributed by atoms with E-state index in [4.69, 9.17) is 11.5 Å². The minimum atomic E-state index is -0.681. The van der Waals surface area contributed by atoms with Gasteiger partial charge in [-0.3, -0.25) is 10.5 Å². The van der Waals surface area contributed by atoms with Crippen molar-refractivity contribution >= 4 is 17.7 Å². The van der Waals surface area contributed by atoms with Crippen LogP contribution in [-0.2, 0) is 4.79 Å². The van der Waals surface area contributed by atoms with E-state index < -0.39 is 11.9 Å². The average molecular weight is 133 g/mol. The molecule has 1 atom stereocenters. The molecule has 0 aromatic heterocycles. The first kappa shape index (κ1) is 7.78. The number of nitrogens with two attached hydrogens (primary N) is 1. The largest absolute Gasteiger partial charge is 0.319 e. The lowest BCUT2D eigenvalue weighted by Gasteiger charge is -2.00. The van der Waals surface area contributed by atoms with E-state index in [0.29, 0.717) is 5.75 Å². The monoisotopic (exact) mass is 133 g/mol. The van der Waals surface area contributed by atoms with E-state index in [2.05, 4.69) is 0 Å². The number of nitrogens with one attached hydrogen (secondary N) is 1. The van der Waals surface area contributed by atoms with Crippen LogP contribution in [0.4, 0.5) is 0 Å². The van der Waals surface area contributed by atoms with Gasteiger partial charge in [-0.15, -0.1) is 0 Å². The van der Waals surface area contributed by atoms with Gasteiger partial charge in [0.15, 0.2) is 0 Å². The topological polar surface area (TPSA) is 66.9 Å². The fourth-order valence-electron chi connectivity index (χ4n) is 0.255. The molecule has 1 amide bonds. The smallest absolute Gasteiger partial charge is 0.256 e. The Labute approximate surface area is 52.8 Å². The van der Waals surface area contributed by atoms with E-state index >= 15 is 0 Å². The molecule has 0 aromatic rings. The number of hydrogen-bond acceptors (Lipinski definition) is 3. The molecule has 4 heteroatoms. The van der Waals surface area contributed by atoms with Crippen molar-refractivity contribution in [2.45, 2.75) is 6.04 Å². The predicted octanol–water partition coefficient (Wildman–Crippen LogP) is -0.514. The number of amides is 1. The van der Waals surface area contributed by atoms with Gasteiger partial charge in [-0.05, 0) is 6.26 Å². The van der Waals surface area contributed by atoms with E-state index in [1.807, 2.05) is 6.26 Å². The summed E-state index contributed by atoms with van der Waals surface area (Å²) >= 11 is 1.47. The average Bonchev–Trinajstić information content (AvgIpc) is 1.67. The summed E-state index contributed by atoms with van der Waals surface area (Å²) in [5.41, 5.74) is 11.7. The van der Waals surface area contributed by atoms with Crippen LogP contribution in [0.25, 0.3) is 0 Å². The van der Waals surface area contributed by atoms with Gasteiger partial charge in [-0.2, -0.15) is 11.8 Å². The highest BCUT2D eigenvalue weighted by Crippen LogP contribution is 1.92. The highest BCUT2D eigenvalue weighted by atomic mass is 32.2. The zero-order valence-corrected chi connectivity index (χ0v) is 5.49. The van der Waals surface area contributed by atoms with E-state index in [1.165, 1.54) is 11.8 Å². The molecule has 8 heavy (non-hydrogen) atoms. The normalized spacial score (nSPS) is 13.2. The molecule has 1 radical (unpaired) electrons. The first-order valence-corrected chi connectivity index (χ1v) is 3.58. The van der Waals surface area contributed by atoms with Crippen molar-refractivity contribution in [3.63, 3.8) is 0 Å². The van der Waals surface area contributed by atoms with Crippen LogP contribution in [0, 0.1) is 0 Å². The molecule has 47 valence electrons. The fraction of sp³-hybridized carbons (Fsp3) is 0.750. The Kier molecular flexibility index (Phi) is 3.64. The van der Waals surface area contributed by atoms with Crippen molar-refractivity contribution in [1.82, 2.24) is 5.73 Å². The molecule has 0 spiro atoms. The van der Waals surface area contributed by atoms with Gasteiger partial charge in [0.2, 0.25) is 0 Å². The SMILES string of the molecule is CSC[C@H](N)C([NH])=O. The maximum absolute atomic E-state index is 10.1. The van der Waals surface area contributed by atoms with Crippen LogP contribution in [0.5, 0.6) is 0 Å². The second-order valence-corrected chi connectivity index (χ2v) is 2.34. The Balaban J connectivity index is 3.32. The van der Waals surface area contributed by atoms with Crippen molar-refractivity contribution in [3.8, 4) is 0 Å². The molecule has 0 saturated heterocycles. The van der Waals surface area contributed by atoms with Crippen molar-refractivity contribution < 1.29 is 4.79 Å². The molecule has 0 bridgehead atoms. The van der Waals surface area contributed by atoms with Crippen molar-refractivity contribution in [1.29, 1.82) is 0 Å². The number of thioether (sulfide) groups is 1. The molecule has 0 saturated carbocycles. The Morgan fingerprint density at radius 3 is 2.62 bits per heavy atom. The maximum atomic E-state index is 10.1. The Morgan fingerprint density at radius 1 is 2.00 bits per heavy atom. The van der Waals surface area contributed by atoms with E-state index in [-0.39, 0.29) is 0 Å². The number of hydrogen-bond donors (Lipinski definition) is 1. The standard InChI is InChI=1S/C4H9N2OS/c1-8-2-3(5)4(6)7/h3,6H,2,5H2,1H3/t3-/m0/s1. The van der Waals surface area contributed by atoms with Crippen LogP contribution >= 0.6 is 11.8 Å². The van der Waals surface area contributed by atoms with Gasteiger partial charge >= 0.3 is 0 Å². The Morgan fingerprint density at radius 2 is 2.50 bits per heavy atom. The number of rotatable bonds is 3. The highest BCUT2D eigenvalue weighted by Gasteiger charge is 2.06. The van der Waals surface area contributed by atoms with E-state index in [0.717, 1.165) is 0 Å². The van der Waals surface area contributed by atoms with Crippen LogP contribution in [0.15, 0.2) is 0 Å². The Hall–Kier alpha value is -0.220. The molecule has 0 unspecified atom stereocenters. The molecule has 0 aliphatic carbocycles. The highest BCUT2D eigenvalue weighted by molar-refractivity contribution is 7.98. The van der Waals surface area contributed by atoms with Gasteiger partial charge in [-0.25, -0.2) is 0 Å². The summed E-state index contributed by atoms with van der Waals surface area (Å²) in [7, 11) is 0. The van der Waals surface area contributed by atoms with Crippen molar-refractivity contribution in [2.24, 2.45) is 5.73 Å². The second-order valence-electron chi connectivity index (χ2n) is 1.43. The molecule has 3 N–H and O–H groups in total. The molecule has 0 heterocycles. The molecular weight excluding hydrogens is 124 g/mol. The van der Waals surface area contributed by atoms with Gasteiger partial charge in [-0.1, -0.05) is 0 Å². The summed E-state index contributed by atoms with van der Waals surface area (Å²) in [5.74, 6) is -0.137. The summed E-state index contributed by atoms with van der Waals surface area (Å²) < 4.78 is 0. The van der Waals surface area contributed by atoms with Gasteiger partial charge in [0, 0.05) is 5.75 Å². The third-order valence-corrected chi connectivity index (χ3v) is 1.38. The van der Waals surface area contributed by atoms with E-state index in [1.54, 1.807) is 0 Å². The Bertz CT molecular complexity index is 86.1. The van der Waals surface area contributed by atoms with Crippen LogP contribution in [0.1, 0.15) is 0 Å². The first-order chi connectivity index (χ1) is 3.68. The number of carbonyl (C=O) groups excluding carboxylic acids is 1. The summed E-state index contributed by atoms with van der Waals surface area (Å²) in [5, 5.41) is 0. The summed E-state index contributed by atoms with van der Waals surface area (Å²) in [4.78, 5) is 10.1. The van der Waals surface area contributed by atoms with Gasteiger partial charge in [0.1, 0.15) is 0 Å². The van der Waals surface area contributed by atoms with Crippen LogP contribution in [0.2, 0.25) is 0 Å². The van der Waals surface area contributed by atoms with Crippen molar-refractivity contribution in [3.05, 3.63) is 0 Å². The summed E-state index contributed by atoms with van der Waals surface area (Å²) in [6.07, 6.45) is 1.85. The number of carbonyl (C=O) groups is 1. The first-order valence-electron chi connectivity index (χ1n) is 2.18. The quantitative estimate of drug-likeness (QED) is 0.563.